The van der Waals surface area contributed by atoms with Gasteiger partial charge in [0, 0.05) is 110 Å². The summed E-state index contributed by atoms with van der Waals surface area (Å²) in [6, 6.07) is 83.1. The van der Waals surface area contributed by atoms with E-state index in [4.69, 9.17) is 22.0 Å². The maximum absolute atomic E-state index is 6.76. The molecule has 0 saturated heterocycles. The number of benzene rings is 11. The van der Waals surface area contributed by atoms with E-state index in [0.717, 1.165) is 116 Å². The van der Waals surface area contributed by atoms with E-state index in [-0.39, 0.29) is 0 Å². The zero-order valence-electron chi connectivity index (χ0n) is 47.4. The second kappa shape index (κ2) is 19.1. The zero-order chi connectivity index (χ0) is 57.3. The summed E-state index contributed by atoms with van der Waals surface area (Å²) in [6.45, 7) is 14.1. The highest BCUT2D eigenvalue weighted by Crippen LogP contribution is 2.53. The van der Waals surface area contributed by atoms with Crippen molar-refractivity contribution >= 4 is 140 Å². The molecule has 0 unspecified atom stereocenters. The molecule has 6 heteroatoms. The lowest BCUT2D eigenvalue weighted by molar-refractivity contribution is 0.615. The predicted molar refractivity (Wildman–Crippen MR) is 362 cm³/mol. The highest BCUT2D eigenvalue weighted by Gasteiger charge is 2.31. The second-order valence-electron chi connectivity index (χ2n) is 22.7. The minimum Gasteiger partial charge on any atom is -0.464 e. The Morgan fingerprint density at radius 1 is 0.465 bits per heavy atom. The Bertz CT molecular complexity index is 5760. The smallest absolute Gasteiger partial charge is 0.159 e. The Morgan fingerprint density at radius 3 is 1.73 bits per heavy atom. The van der Waals surface area contributed by atoms with E-state index < -0.39 is 0 Å². The van der Waals surface area contributed by atoms with Gasteiger partial charge in [-0.3, -0.25) is 0 Å². The minimum atomic E-state index is 0.805. The fraction of sp³-hybridized carbons (Fsp3) is 0.0250. The molecule has 0 saturated carbocycles. The number of allylic oxidation sites excluding steroid dienone is 3. The molecule has 0 amide bonds. The summed E-state index contributed by atoms with van der Waals surface area (Å²) < 4.78 is 17.6. The van der Waals surface area contributed by atoms with Crippen LogP contribution in [0.2, 0.25) is 0 Å². The number of hydrogen-bond donors (Lipinski definition) is 0. The lowest BCUT2D eigenvalue weighted by Gasteiger charge is -2.26. The molecule has 406 valence electrons. The molecule has 6 heterocycles. The Balaban J connectivity index is 0.917. The number of nitrogens with zero attached hydrogens (tertiary/aromatic N) is 4. The number of fused-ring (bicyclic) bond motifs is 13. The van der Waals surface area contributed by atoms with Crippen molar-refractivity contribution in [3.05, 3.63) is 295 Å². The number of aryl methyl sites for hydroxylation is 2. The van der Waals surface area contributed by atoms with Crippen LogP contribution in [0, 0.1) is 13.8 Å². The van der Waals surface area contributed by atoms with E-state index in [1.165, 1.54) is 60.2 Å². The molecule has 11 aromatic carbocycles. The largest absolute Gasteiger partial charge is 0.464 e. The average molecular weight is 1100 g/mol. The summed E-state index contributed by atoms with van der Waals surface area (Å²) in [5.41, 5.74) is 21.3. The molecule has 17 rings (SSSR count). The number of furan rings is 2. The summed E-state index contributed by atoms with van der Waals surface area (Å²) in [5, 5.41) is 13.4. The summed E-state index contributed by atoms with van der Waals surface area (Å²) >= 11 is 0. The predicted octanol–water partition coefficient (Wildman–Crippen LogP) is 20.3. The van der Waals surface area contributed by atoms with Crippen LogP contribution in [0.5, 0.6) is 0 Å². The molecular formula is C80H54N4O2. The van der Waals surface area contributed by atoms with Gasteiger partial charge in [0.25, 0.3) is 0 Å². The molecule has 0 aliphatic carbocycles. The first-order valence-electron chi connectivity index (χ1n) is 29.3. The summed E-state index contributed by atoms with van der Waals surface area (Å²) in [7, 11) is 0. The standard InChI is InChI=1S/C80H54N4O2/c1-49-35-39-56(40-36-49)81(45-16-15-24-55-48-85-70-33-13-11-25-59(55)70)51(3)46-66-52(4)82-76-61(66)27-17-30-64(76)74-73(54-22-9-6-10-23-54)79-75(72(78(74)82)53-20-7-5-8-21-53)65-31-18-28-62-67-47-58(43-44-68(67)84(79)77(62)65)83(57-41-37-50(2)38-42-57)69-32-19-29-63-60-26-12-14-34-71(60)86-80(63)69/h5-48H,3-4H2,1-2H3/b24-15-,45-16+,66-46+. The zero-order valence-corrected chi connectivity index (χ0v) is 47.4. The highest BCUT2D eigenvalue weighted by molar-refractivity contribution is 6.36. The van der Waals surface area contributed by atoms with Crippen LogP contribution in [0.15, 0.2) is 276 Å². The number of hydrogen-bond acceptors (Lipinski definition) is 4. The van der Waals surface area contributed by atoms with Crippen molar-refractivity contribution in [2.24, 2.45) is 0 Å². The minimum absolute atomic E-state index is 0.805. The Kier molecular flexibility index (Phi) is 11.0. The van der Waals surface area contributed by atoms with Crippen LogP contribution >= 0.6 is 0 Å². The highest BCUT2D eigenvalue weighted by atomic mass is 16.3. The SMILES string of the molecule is C=C(/C=c1\c(=C)n2c3c(-c4ccccc4)c4c5cccc6c7cc(N(c8ccc(C)cc8)c8cccc9c8oc8ccccc89)ccc7n(c4c(-c4ccccc4)c3c3cccc1c32)c65)N(/C=C/C=C\c1coc2ccccc12)c1ccc(C)cc1. The van der Waals surface area contributed by atoms with E-state index in [1.54, 1.807) is 0 Å². The van der Waals surface area contributed by atoms with Crippen molar-refractivity contribution in [1.82, 2.24) is 8.80 Å². The number of para-hydroxylation sites is 5. The van der Waals surface area contributed by atoms with Gasteiger partial charge in [0.2, 0.25) is 0 Å². The van der Waals surface area contributed by atoms with Crippen LogP contribution < -0.4 is 20.4 Å². The maximum Gasteiger partial charge on any atom is 0.159 e. The van der Waals surface area contributed by atoms with Crippen molar-refractivity contribution in [3.63, 3.8) is 0 Å². The molecule has 0 aliphatic heterocycles. The number of rotatable bonds is 11. The third-order valence-electron chi connectivity index (χ3n) is 17.7. The summed E-state index contributed by atoms with van der Waals surface area (Å²) in [6.07, 6.45) is 12.3. The lowest BCUT2D eigenvalue weighted by Crippen LogP contribution is -2.26. The average Bonchev–Trinajstić information content (AvgIpc) is 1.51. The van der Waals surface area contributed by atoms with Crippen LogP contribution in [0.4, 0.5) is 22.7 Å². The Labute approximate surface area is 495 Å². The van der Waals surface area contributed by atoms with Gasteiger partial charge in [-0.15, -0.1) is 0 Å². The summed E-state index contributed by atoms with van der Waals surface area (Å²) in [5.74, 6) is 0. The van der Waals surface area contributed by atoms with Gasteiger partial charge in [0.05, 0.1) is 39.5 Å². The fourth-order valence-electron chi connectivity index (χ4n) is 13.9. The van der Waals surface area contributed by atoms with E-state index >= 15 is 0 Å². The van der Waals surface area contributed by atoms with Crippen molar-refractivity contribution in [3.8, 4) is 22.3 Å². The van der Waals surface area contributed by atoms with Gasteiger partial charge in [-0.25, -0.2) is 0 Å². The van der Waals surface area contributed by atoms with Crippen LogP contribution in [-0.2, 0) is 0 Å². The molecule has 0 N–H and O–H groups in total. The van der Waals surface area contributed by atoms with E-state index in [2.05, 4.69) is 269 Å². The van der Waals surface area contributed by atoms with Gasteiger partial charge in [-0.1, -0.05) is 206 Å². The quantitative estimate of drug-likeness (QED) is 0.121. The monoisotopic (exact) mass is 1100 g/mol. The molecule has 0 aliphatic rings. The molecule has 6 nitrogen and oxygen atoms in total. The number of anilines is 4. The van der Waals surface area contributed by atoms with Crippen molar-refractivity contribution < 1.29 is 8.83 Å². The molecule has 0 atom stereocenters. The van der Waals surface area contributed by atoms with Crippen LogP contribution in [-0.4, -0.2) is 8.80 Å². The van der Waals surface area contributed by atoms with Crippen molar-refractivity contribution in [2.75, 3.05) is 9.80 Å². The summed E-state index contributed by atoms with van der Waals surface area (Å²) in [4.78, 5) is 4.52. The maximum atomic E-state index is 6.76. The van der Waals surface area contributed by atoms with E-state index in [1.807, 2.05) is 30.5 Å². The van der Waals surface area contributed by atoms with E-state index in [0.29, 0.717) is 0 Å². The molecule has 0 spiro atoms. The van der Waals surface area contributed by atoms with Crippen molar-refractivity contribution in [2.45, 2.75) is 13.8 Å². The van der Waals surface area contributed by atoms with Gasteiger partial charge in [0.1, 0.15) is 11.2 Å². The molecule has 0 bridgehead atoms. The molecule has 0 fully saturated rings. The molecule has 86 heavy (non-hydrogen) atoms. The third-order valence-corrected chi connectivity index (χ3v) is 17.7. The van der Waals surface area contributed by atoms with E-state index in [9.17, 15) is 0 Å². The number of aromatic nitrogens is 2. The van der Waals surface area contributed by atoms with Crippen LogP contribution in [0.25, 0.3) is 139 Å². The molecular weight excluding hydrogens is 1050 g/mol. The third kappa shape index (κ3) is 7.33. The molecule has 17 aromatic rings. The second-order valence-corrected chi connectivity index (χ2v) is 22.7. The van der Waals surface area contributed by atoms with Crippen LogP contribution in [0.3, 0.4) is 0 Å². The topological polar surface area (TPSA) is 41.6 Å². The van der Waals surface area contributed by atoms with Gasteiger partial charge in [-0.05, 0) is 97.8 Å². The van der Waals surface area contributed by atoms with Gasteiger partial charge >= 0.3 is 0 Å². The normalized spacial score (nSPS) is 12.6. The first-order valence-corrected chi connectivity index (χ1v) is 29.3. The molecule has 0 radical (unpaired) electrons. The van der Waals surface area contributed by atoms with Gasteiger partial charge in [0.15, 0.2) is 5.58 Å². The molecule has 6 aromatic heterocycles. The van der Waals surface area contributed by atoms with Crippen LogP contribution in [0.1, 0.15) is 16.7 Å². The first-order chi connectivity index (χ1) is 42.4. The fourth-order valence-corrected chi connectivity index (χ4v) is 13.9. The first kappa shape index (κ1) is 49.3. The lowest BCUT2D eigenvalue weighted by atomic mass is 9.89. The van der Waals surface area contributed by atoms with Gasteiger partial charge in [-0.2, -0.15) is 0 Å². The van der Waals surface area contributed by atoms with Gasteiger partial charge < -0.3 is 27.4 Å². The Hall–Kier alpha value is -11.3. The Morgan fingerprint density at radius 2 is 1.02 bits per heavy atom. The van der Waals surface area contributed by atoms with Crippen molar-refractivity contribution in [1.29, 1.82) is 0 Å².